The van der Waals surface area contributed by atoms with Gasteiger partial charge in [-0.1, -0.05) is 45.4 Å². The molecule has 1 aliphatic heterocycles. The van der Waals surface area contributed by atoms with Crippen molar-refractivity contribution in [3.63, 3.8) is 0 Å². The number of amides is 1. The quantitative estimate of drug-likeness (QED) is 0.423. The summed E-state index contributed by atoms with van der Waals surface area (Å²) in [5.41, 5.74) is 3.15. The summed E-state index contributed by atoms with van der Waals surface area (Å²) in [7, 11) is 0. The van der Waals surface area contributed by atoms with Crippen molar-refractivity contribution in [3.8, 4) is 0 Å². The van der Waals surface area contributed by atoms with Crippen LogP contribution in [0.4, 0.5) is 10.6 Å². The predicted octanol–water partition coefficient (Wildman–Crippen LogP) is 4.65. The standard InChI is InChI=1S/C27H41N7O3/c1-16-9-11-18(12-10-16)15-34-20-21(28-17(2)19-7-6-8-19)29-23(24-32-26(35)37-33-24)30-22(20)31-25(34)27(36)13-4-3-5-14-27/h16-19,24,33,36H,3-15H2,1-2H3,(H,32,35)(H,28,29,30)/t16?,17-,18?,24?/m1/s1. The van der Waals surface area contributed by atoms with Gasteiger partial charge in [0.05, 0.1) is 0 Å². The average molecular weight is 512 g/mol. The fraction of sp³-hybridized carbons (Fsp3) is 0.778. The van der Waals surface area contributed by atoms with Crippen LogP contribution in [0, 0.1) is 17.8 Å². The Hall–Kier alpha value is -2.46. The van der Waals surface area contributed by atoms with E-state index in [1.54, 1.807) is 0 Å². The van der Waals surface area contributed by atoms with E-state index in [-0.39, 0.29) is 6.04 Å². The molecule has 1 amide bonds. The summed E-state index contributed by atoms with van der Waals surface area (Å²) < 4.78 is 2.25. The number of carbonyl (C=O) groups excluding carboxylic acids is 1. The van der Waals surface area contributed by atoms with Crippen LogP contribution in [0.1, 0.15) is 109 Å². The molecule has 4 fully saturated rings. The summed E-state index contributed by atoms with van der Waals surface area (Å²) in [6, 6.07) is 0.252. The fourth-order valence-electron chi connectivity index (χ4n) is 6.63. The summed E-state index contributed by atoms with van der Waals surface area (Å²) in [5.74, 6) is 3.79. The largest absolute Gasteiger partial charge is 0.427 e. The second-order valence-corrected chi connectivity index (χ2v) is 12.1. The summed E-state index contributed by atoms with van der Waals surface area (Å²) in [6.07, 6.45) is 11.9. The number of hydrogen-bond acceptors (Lipinski definition) is 8. The summed E-state index contributed by atoms with van der Waals surface area (Å²) >= 11 is 0. The van der Waals surface area contributed by atoms with Crippen LogP contribution in [-0.4, -0.2) is 36.8 Å². The number of nitrogens with zero attached hydrogens (tertiary/aromatic N) is 4. The van der Waals surface area contributed by atoms with Gasteiger partial charge in [-0.2, -0.15) is 0 Å². The van der Waals surface area contributed by atoms with E-state index in [1.807, 2.05) is 0 Å². The Morgan fingerprint density at radius 3 is 2.49 bits per heavy atom. The molecule has 10 heteroatoms. The molecule has 3 aliphatic carbocycles. The molecule has 1 saturated heterocycles. The molecule has 2 atom stereocenters. The van der Waals surface area contributed by atoms with Crippen LogP contribution in [0.25, 0.3) is 11.2 Å². The number of rotatable bonds is 7. The number of nitrogens with one attached hydrogen (secondary N) is 3. The molecule has 202 valence electrons. The number of aliphatic hydroxyl groups is 1. The topological polar surface area (TPSA) is 126 Å². The zero-order valence-corrected chi connectivity index (χ0v) is 22.1. The maximum atomic E-state index is 11.9. The Morgan fingerprint density at radius 1 is 1.08 bits per heavy atom. The third-order valence-corrected chi connectivity index (χ3v) is 9.30. The van der Waals surface area contributed by atoms with Crippen molar-refractivity contribution in [3.05, 3.63) is 11.6 Å². The van der Waals surface area contributed by atoms with Gasteiger partial charge in [-0.3, -0.25) is 5.32 Å². The Bertz CT molecular complexity index is 1130. The molecule has 0 bridgehead atoms. The first-order chi connectivity index (χ1) is 17.9. The van der Waals surface area contributed by atoms with E-state index in [4.69, 9.17) is 19.8 Å². The van der Waals surface area contributed by atoms with Crippen LogP contribution in [-0.2, 0) is 17.0 Å². The predicted molar refractivity (Wildman–Crippen MR) is 139 cm³/mol. The van der Waals surface area contributed by atoms with Gasteiger partial charge in [0, 0.05) is 12.6 Å². The summed E-state index contributed by atoms with van der Waals surface area (Å²) in [6.45, 7) is 5.38. The van der Waals surface area contributed by atoms with Crippen LogP contribution in [0.5, 0.6) is 0 Å². The molecule has 0 radical (unpaired) electrons. The molecule has 0 spiro atoms. The van der Waals surface area contributed by atoms with Crippen LogP contribution in [0.15, 0.2) is 0 Å². The molecule has 2 aromatic heterocycles. The highest BCUT2D eigenvalue weighted by atomic mass is 16.7. The SMILES string of the molecule is CC1CCC(Cn2c(C3(O)CCCCC3)nc3nc(C4NOC(=O)N4)nc(N[C@H](C)C4CCC4)c32)CC1. The first-order valence-corrected chi connectivity index (χ1v) is 14.4. The highest BCUT2D eigenvalue weighted by Crippen LogP contribution is 2.41. The first-order valence-electron chi connectivity index (χ1n) is 14.4. The summed E-state index contributed by atoms with van der Waals surface area (Å²) in [5, 5.41) is 18.3. The number of anilines is 1. The lowest BCUT2D eigenvalue weighted by Crippen LogP contribution is -2.34. The lowest BCUT2D eigenvalue weighted by Gasteiger charge is -2.34. The number of aromatic nitrogens is 4. The number of carbonyl (C=O) groups is 1. The molecular weight excluding hydrogens is 470 g/mol. The highest BCUT2D eigenvalue weighted by molar-refractivity contribution is 5.84. The lowest BCUT2D eigenvalue weighted by molar-refractivity contribution is -0.0123. The van der Waals surface area contributed by atoms with E-state index >= 15 is 0 Å². The first kappa shape index (κ1) is 24.9. The van der Waals surface area contributed by atoms with Crippen molar-refractivity contribution in [2.24, 2.45) is 17.8 Å². The van der Waals surface area contributed by atoms with Gasteiger partial charge >= 0.3 is 6.09 Å². The van der Waals surface area contributed by atoms with E-state index < -0.39 is 17.9 Å². The second-order valence-electron chi connectivity index (χ2n) is 12.1. The summed E-state index contributed by atoms with van der Waals surface area (Å²) in [4.78, 5) is 31.4. The molecule has 2 aromatic rings. The van der Waals surface area contributed by atoms with E-state index in [0.29, 0.717) is 36.1 Å². The molecule has 0 aromatic carbocycles. The zero-order chi connectivity index (χ0) is 25.6. The Morgan fingerprint density at radius 2 is 1.84 bits per heavy atom. The van der Waals surface area contributed by atoms with Gasteiger partial charge < -0.3 is 19.8 Å². The van der Waals surface area contributed by atoms with Gasteiger partial charge in [-0.15, -0.1) is 5.48 Å². The van der Waals surface area contributed by atoms with E-state index in [9.17, 15) is 9.90 Å². The van der Waals surface area contributed by atoms with Crippen LogP contribution in [0.3, 0.4) is 0 Å². The van der Waals surface area contributed by atoms with Crippen molar-refractivity contribution >= 4 is 23.1 Å². The van der Waals surface area contributed by atoms with Crippen LogP contribution < -0.4 is 16.1 Å². The fourth-order valence-corrected chi connectivity index (χ4v) is 6.63. The van der Waals surface area contributed by atoms with E-state index in [0.717, 1.165) is 48.9 Å². The van der Waals surface area contributed by atoms with Crippen LogP contribution >= 0.6 is 0 Å². The smallest absolute Gasteiger partial charge is 0.382 e. The van der Waals surface area contributed by atoms with Crippen molar-refractivity contribution in [2.75, 3.05) is 5.32 Å². The minimum Gasteiger partial charge on any atom is -0.382 e. The third kappa shape index (κ3) is 4.90. The van der Waals surface area contributed by atoms with Gasteiger partial charge in [0.25, 0.3) is 0 Å². The third-order valence-electron chi connectivity index (χ3n) is 9.30. The number of hydroxylamine groups is 1. The van der Waals surface area contributed by atoms with Gasteiger partial charge in [0.15, 0.2) is 23.5 Å². The second kappa shape index (κ2) is 10.0. The van der Waals surface area contributed by atoms with Gasteiger partial charge in [0.1, 0.15) is 16.9 Å². The maximum Gasteiger partial charge on any atom is 0.427 e. The van der Waals surface area contributed by atoms with Gasteiger partial charge in [-0.25, -0.2) is 19.7 Å². The minimum atomic E-state index is -0.957. The average Bonchev–Trinajstić information content (AvgIpc) is 3.44. The van der Waals surface area contributed by atoms with Gasteiger partial charge in [0.2, 0.25) is 0 Å². The normalized spacial score (nSPS) is 28.9. The Balaban J connectivity index is 1.46. The minimum absolute atomic E-state index is 0.252. The van der Waals surface area contributed by atoms with Crippen molar-refractivity contribution < 1.29 is 14.7 Å². The Kier molecular flexibility index (Phi) is 6.73. The number of hydrogen-bond donors (Lipinski definition) is 4. The van der Waals surface area contributed by atoms with Crippen molar-refractivity contribution in [1.29, 1.82) is 0 Å². The Labute approximate surface area is 218 Å². The maximum absolute atomic E-state index is 11.9. The molecular formula is C27H41N7O3. The van der Waals surface area contributed by atoms with Crippen molar-refractivity contribution in [1.82, 2.24) is 30.3 Å². The molecule has 4 N–H and O–H groups in total. The van der Waals surface area contributed by atoms with E-state index in [1.165, 1.54) is 44.9 Å². The van der Waals surface area contributed by atoms with Gasteiger partial charge in [-0.05, 0) is 63.2 Å². The molecule has 1 unspecified atom stereocenters. The number of fused-ring (bicyclic) bond motifs is 1. The lowest BCUT2D eigenvalue weighted by atomic mass is 9.80. The number of imidazole rings is 1. The van der Waals surface area contributed by atoms with E-state index in [2.05, 4.69) is 34.5 Å². The highest BCUT2D eigenvalue weighted by Gasteiger charge is 2.39. The molecule has 10 nitrogen and oxygen atoms in total. The monoisotopic (exact) mass is 511 g/mol. The molecule has 6 rings (SSSR count). The molecule has 3 heterocycles. The molecule has 4 aliphatic rings. The van der Waals surface area contributed by atoms with Crippen LogP contribution in [0.2, 0.25) is 0 Å². The molecule has 3 saturated carbocycles. The molecule has 37 heavy (non-hydrogen) atoms. The zero-order valence-electron chi connectivity index (χ0n) is 22.1. The van der Waals surface area contributed by atoms with Crippen molar-refractivity contribution in [2.45, 2.75) is 115 Å².